The Hall–Kier alpha value is -1.36. The van der Waals surface area contributed by atoms with E-state index in [1.807, 2.05) is 6.07 Å². The first kappa shape index (κ1) is 14.1. The Morgan fingerprint density at radius 1 is 1.47 bits per heavy atom. The Morgan fingerprint density at radius 2 is 2.26 bits per heavy atom. The van der Waals surface area contributed by atoms with E-state index in [0.717, 1.165) is 37.6 Å². The Balaban J connectivity index is 2.14. The number of aliphatic hydroxyl groups excluding tert-OH is 1. The van der Waals surface area contributed by atoms with E-state index in [0.29, 0.717) is 5.92 Å². The molecule has 5 heteroatoms. The Labute approximate surface area is 115 Å². The van der Waals surface area contributed by atoms with Crippen LogP contribution in [0.4, 0.5) is 11.6 Å². The van der Waals surface area contributed by atoms with Gasteiger partial charge < -0.3 is 14.9 Å². The number of hydrogen-bond donors (Lipinski definition) is 1. The van der Waals surface area contributed by atoms with Crippen LogP contribution in [0.25, 0.3) is 0 Å². The molecular formula is C14H24N4O. The molecule has 1 aromatic rings. The van der Waals surface area contributed by atoms with Crippen LogP contribution in [0.2, 0.25) is 0 Å². The fraction of sp³-hybridized carbons (Fsp3) is 0.714. The fourth-order valence-corrected chi connectivity index (χ4v) is 2.67. The molecule has 1 unspecified atom stereocenters. The predicted molar refractivity (Wildman–Crippen MR) is 77.6 cm³/mol. The van der Waals surface area contributed by atoms with Crippen LogP contribution >= 0.6 is 0 Å². The molecule has 0 bridgehead atoms. The second-order valence-corrected chi connectivity index (χ2v) is 5.68. The van der Waals surface area contributed by atoms with E-state index in [9.17, 15) is 5.11 Å². The summed E-state index contributed by atoms with van der Waals surface area (Å²) in [6, 6.07) is 2.23. The van der Waals surface area contributed by atoms with Crippen LogP contribution in [-0.2, 0) is 0 Å². The third kappa shape index (κ3) is 3.35. The van der Waals surface area contributed by atoms with Gasteiger partial charge in [-0.3, -0.25) is 0 Å². The van der Waals surface area contributed by atoms with Crippen molar-refractivity contribution in [1.29, 1.82) is 0 Å². The molecule has 0 aromatic carbocycles. The first-order valence-electron chi connectivity index (χ1n) is 7.02. The normalized spacial score (nSPS) is 19.2. The standard InChI is InChI=1S/C14H24N4O/c1-11(2)8-17(3)13-7-14(16-10-15-13)18-6-4-5-12(18)9-19/h7,10-12,19H,4-6,8-9H2,1-3H3. The highest BCUT2D eigenvalue weighted by Gasteiger charge is 2.25. The van der Waals surface area contributed by atoms with Crippen molar-refractivity contribution in [2.24, 2.45) is 5.92 Å². The van der Waals surface area contributed by atoms with Gasteiger partial charge in [0, 0.05) is 26.2 Å². The lowest BCUT2D eigenvalue weighted by Gasteiger charge is -2.26. The van der Waals surface area contributed by atoms with E-state index in [4.69, 9.17) is 0 Å². The zero-order valence-electron chi connectivity index (χ0n) is 12.1. The summed E-state index contributed by atoms with van der Waals surface area (Å²) < 4.78 is 0. The molecule has 1 saturated heterocycles. The molecule has 1 aliphatic heterocycles. The molecule has 1 aliphatic rings. The van der Waals surface area contributed by atoms with E-state index in [2.05, 4.69) is 40.7 Å². The highest BCUT2D eigenvalue weighted by Crippen LogP contribution is 2.25. The smallest absolute Gasteiger partial charge is 0.134 e. The van der Waals surface area contributed by atoms with Gasteiger partial charge in [0.15, 0.2) is 0 Å². The van der Waals surface area contributed by atoms with Gasteiger partial charge in [-0.1, -0.05) is 13.8 Å². The number of aromatic nitrogens is 2. The first-order chi connectivity index (χ1) is 9.11. The number of nitrogens with zero attached hydrogens (tertiary/aromatic N) is 4. The maximum atomic E-state index is 9.40. The molecule has 2 heterocycles. The van der Waals surface area contributed by atoms with Gasteiger partial charge in [-0.15, -0.1) is 0 Å². The molecule has 0 aliphatic carbocycles. The van der Waals surface area contributed by atoms with Gasteiger partial charge in [0.1, 0.15) is 18.0 Å². The van der Waals surface area contributed by atoms with Crippen molar-refractivity contribution in [3.8, 4) is 0 Å². The first-order valence-corrected chi connectivity index (χ1v) is 7.02. The largest absolute Gasteiger partial charge is 0.394 e. The average Bonchev–Trinajstić information content (AvgIpc) is 2.86. The van der Waals surface area contributed by atoms with Gasteiger partial charge in [-0.05, 0) is 18.8 Å². The molecule has 5 nitrogen and oxygen atoms in total. The quantitative estimate of drug-likeness (QED) is 0.874. The lowest BCUT2D eigenvalue weighted by molar-refractivity contribution is 0.266. The lowest BCUT2D eigenvalue weighted by atomic mass is 10.2. The molecular weight excluding hydrogens is 240 g/mol. The Bertz CT molecular complexity index is 410. The topological polar surface area (TPSA) is 52.5 Å². The monoisotopic (exact) mass is 264 g/mol. The van der Waals surface area contributed by atoms with Gasteiger partial charge in [0.2, 0.25) is 0 Å². The van der Waals surface area contributed by atoms with Crippen LogP contribution < -0.4 is 9.80 Å². The molecule has 1 atom stereocenters. The minimum atomic E-state index is 0.196. The Morgan fingerprint density at radius 3 is 2.95 bits per heavy atom. The molecule has 19 heavy (non-hydrogen) atoms. The van der Waals surface area contributed by atoms with Crippen LogP contribution in [0.5, 0.6) is 0 Å². The van der Waals surface area contributed by atoms with Crippen molar-refractivity contribution in [2.75, 3.05) is 36.5 Å². The number of hydrogen-bond acceptors (Lipinski definition) is 5. The van der Waals surface area contributed by atoms with Crippen molar-refractivity contribution < 1.29 is 5.11 Å². The van der Waals surface area contributed by atoms with Gasteiger partial charge in [-0.2, -0.15) is 0 Å². The third-order valence-corrected chi connectivity index (χ3v) is 3.55. The predicted octanol–water partition coefficient (Wildman–Crippen LogP) is 1.53. The third-order valence-electron chi connectivity index (χ3n) is 3.55. The van der Waals surface area contributed by atoms with Crippen molar-refractivity contribution in [1.82, 2.24) is 9.97 Å². The maximum absolute atomic E-state index is 9.40. The molecule has 2 rings (SSSR count). The van der Waals surface area contributed by atoms with Crippen LogP contribution in [0, 0.1) is 5.92 Å². The van der Waals surface area contributed by atoms with Crippen molar-refractivity contribution in [2.45, 2.75) is 32.7 Å². The molecule has 1 fully saturated rings. The summed E-state index contributed by atoms with van der Waals surface area (Å²) in [5.41, 5.74) is 0. The van der Waals surface area contributed by atoms with E-state index in [1.54, 1.807) is 6.33 Å². The summed E-state index contributed by atoms with van der Waals surface area (Å²) >= 11 is 0. The van der Waals surface area contributed by atoms with Gasteiger partial charge in [-0.25, -0.2) is 9.97 Å². The van der Waals surface area contributed by atoms with E-state index in [1.165, 1.54) is 0 Å². The van der Waals surface area contributed by atoms with Crippen LogP contribution in [0.15, 0.2) is 12.4 Å². The number of anilines is 2. The molecule has 0 radical (unpaired) electrons. The van der Waals surface area contributed by atoms with Crippen molar-refractivity contribution in [3.05, 3.63) is 12.4 Å². The van der Waals surface area contributed by atoms with Gasteiger partial charge in [0.05, 0.1) is 12.6 Å². The molecule has 1 N–H and O–H groups in total. The van der Waals surface area contributed by atoms with Crippen molar-refractivity contribution in [3.63, 3.8) is 0 Å². The molecule has 0 spiro atoms. The minimum Gasteiger partial charge on any atom is -0.394 e. The molecule has 106 valence electrons. The fourth-order valence-electron chi connectivity index (χ4n) is 2.67. The van der Waals surface area contributed by atoms with Crippen LogP contribution in [-0.4, -0.2) is 47.9 Å². The average molecular weight is 264 g/mol. The summed E-state index contributed by atoms with van der Waals surface area (Å²) in [4.78, 5) is 13.0. The van der Waals surface area contributed by atoms with Crippen LogP contribution in [0.3, 0.4) is 0 Å². The van der Waals surface area contributed by atoms with Crippen LogP contribution in [0.1, 0.15) is 26.7 Å². The summed E-state index contributed by atoms with van der Waals surface area (Å²) in [6.07, 6.45) is 3.78. The Kier molecular flexibility index (Phi) is 4.58. The lowest BCUT2D eigenvalue weighted by Crippen LogP contribution is -2.33. The number of aliphatic hydroxyl groups is 1. The van der Waals surface area contributed by atoms with E-state index >= 15 is 0 Å². The summed E-state index contributed by atoms with van der Waals surface area (Å²) in [6.45, 7) is 6.53. The van der Waals surface area contributed by atoms with E-state index < -0.39 is 0 Å². The number of rotatable bonds is 5. The van der Waals surface area contributed by atoms with Gasteiger partial charge in [0.25, 0.3) is 0 Å². The summed E-state index contributed by atoms with van der Waals surface area (Å²) in [5.74, 6) is 2.47. The maximum Gasteiger partial charge on any atom is 0.134 e. The summed E-state index contributed by atoms with van der Waals surface area (Å²) in [5, 5.41) is 9.40. The zero-order valence-corrected chi connectivity index (χ0v) is 12.1. The highest BCUT2D eigenvalue weighted by atomic mass is 16.3. The molecule has 0 amide bonds. The summed E-state index contributed by atoms with van der Waals surface area (Å²) in [7, 11) is 2.06. The molecule has 0 saturated carbocycles. The SMILES string of the molecule is CC(C)CN(C)c1cc(N2CCCC2CO)ncn1. The minimum absolute atomic E-state index is 0.196. The van der Waals surface area contributed by atoms with E-state index in [-0.39, 0.29) is 12.6 Å². The highest BCUT2D eigenvalue weighted by molar-refractivity contribution is 5.51. The van der Waals surface area contributed by atoms with Crippen molar-refractivity contribution >= 4 is 11.6 Å². The second kappa shape index (κ2) is 6.19. The van der Waals surface area contributed by atoms with Gasteiger partial charge >= 0.3 is 0 Å². The second-order valence-electron chi connectivity index (χ2n) is 5.68. The zero-order chi connectivity index (χ0) is 13.8. The molecule has 1 aromatic heterocycles.